The highest BCUT2D eigenvalue weighted by Crippen LogP contribution is 2.53. The minimum absolute atomic E-state index is 1.05. The van der Waals surface area contributed by atoms with Gasteiger partial charge in [0, 0.05) is 0 Å². The minimum atomic E-state index is 1.05. The van der Waals surface area contributed by atoms with Gasteiger partial charge in [-0.1, -0.05) is 109 Å². The van der Waals surface area contributed by atoms with Crippen molar-refractivity contribution < 1.29 is 0 Å². The van der Waals surface area contributed by atoms with Gasteiger partial charge in [0.2, 0.25) is 0 Å². The van der Waals surface area contributed by atoms with Crippen LogP contribution in [0.1, 0.15) is 44.5 Å². The van der Waals surface area contributed by atoms with Crippen LogP contribution < -0.4 is 0 Å². The highest BCUT2D eigenvalue weighted by atomic mass is 14.4. The molecule has 0 saturated carbocycles. The second kappa shape index (κ2) is 7.46. The number of fused-ring (bicyclic) bond motifs is 19. The van der Waals surface area contributed by atoms with Gasteiger partial charge in [0.25, 0.3) is 0 Å². The summed E-state index contributed by atoms with van der Waals surface area (Å²) in [5.41, 5.74) is 24.0. The van der Waals surface area contributed by atoms with Gasteiger partial charge >= 0.3 is 0 Å². The van der Waals surface area contributed by atoms with Gasteiger partial charge in [-0.25, -0.2) is 0 Å². The fourth-order valence-electron chi connectivity index (χ4n) is 9.07. The molecule has 7 aromatic carbocycles. The predicted molar refractivity (Wildman–Crippen MR) is 174 cm³/mol. The summed E-state index contributed by atoms with van der Waals surface area (Å²) in [7, 11) is 0. The maximum Gasteiger partial charge on any atom is -0.000421 e. The molecule has 0 aliphatic heterocycles. The van der Waals surface area contributed by atoms with Crippen molar-refractivity contribution in [2.75, 3.05) is 0 Å². The Morgan fingerprint density at radius 2 is 0.500 bits per heavy atom. The van der Waals surface area contributed by atoms with Crippen LogP contribution in [0.5, 0.6) is 0 Å². The van der Waals surface area contributed by atoms with Crippen LogP contribution in [-0.2, 0) is 25.7 Å². The second-order valence-electron chi connectivity index (χ2n) is 12.7. The Bertz CT molecular complexity index is 2230. The lowest BCUT2D eigenvalue weighted by Gasteiger charge is -2.08. The zero-order valence-corrected chi connectivity index (χ0v) is 23.2. The van der Waals surface area contributed by atoms with Crippen LogP contribution >= 0.6 is 0 Å². The van der Waals surface area contributed by atoms with Gasteiger partial charge in [0.15, 0.2) is 0 Å². The van der Waals surface area contributed by atoms with Crippen LogP contribution in [0.3, 0.4) is 0 Å². The normalized spacial score (nSPS) is 14.3. The molecule has 0 atom stereocenters. The van der Waals surface area contributed by atoms with Gasteiger partial charge in [0.1, 0.15) is 0 Å². The zero-order valence-electron chi connectivity index (χ0n) is 23.2. The van der Waals surface area contributed by atoms with Crippen molar-refractivity contribution in [1.29, 1.82) is 0 Å². The van der Waals surface area contributed by atoms with Gasteiger partial charge in [0.05, 0.1) is 0 Å². The third-order valence-corrected chi connectivity index (χ3v) is 10.9. The molecule has 0 heterocycles. The Morgan fingerprint density at radius 1 is 0.238 bits per heavy atom. The summed E-state index contributed by atoms with van der Waals surface area (Å²) in [6, 6.07) is 41.6. The first-order chi connectivity index (χ1) is 20.8. The number of hydrogen-bond donors (Lipinski definition) is 0. The zero-order chi connectivity index (χ0) is 27.1. The summed E-state index contributed by atoms with van der Waals surface area (Å²) >= 11 is 0. The smallest absolute Gasteiger partial charge is 0.000421 e. The van der Waals surface area contributed by atoms with Crippen molar-refractivity contribution in [3.63, 3.8) is 0 Å². The first-order valence-corrected chi connectivity index (χ1v) is 15.3. The molecular weight excluding hydrogens is 504 g/mol. The molecule has 0 fully saturated rings. The van der Waals surface area contributed by atoms with Gasteiger partial charge in [-0.3, -0.25) is 0 Å². The summed E-state index contributed by atoms with van der Waals surface area (Å²) in [4.78, 5) is 0. The molecule has 0 bridgehead atoms. The van der Waals surface area contributed by atoms with Crippen molar-refractivity contribution in [3.05, 3.63) is 154 Å². The molecule has 0 N–H and O–H groups in total. The molecule has 0 amide bonds. The van der Waals surface area contributed by atoms with Crippen molar-refractivity contribution >= 4 is 21.5 Å². The third-order valence-electron chi connectivity index (χ3n) is 10.9. The molecule has 0 aromatic heterocycles. The SMILES string of the molecule is c1ccc2c3c(ccc2c1)-c1ccc2c(c1C3)Cc1c-2ccc2c1Cc1c-2ccc2c1Cc1c-2ccc2ccccc12. The summed E-state index contributed by atoms with van der Waals surface area (Å²) in [6.07, 6.45) is 4.21. The largest absolute Gasteiger partial charge is 0.0616 e. The summed E-state index contributed by atoms with van der Waals surface area (Å²) in [5, 5.41) is 5.52. The van der Waals surface area contributed by atoms with Crippen LogP contribution in [-0.4, -0.2) is 0 Å². The standard InChI is InChI=1S/C42H26/c1-3-7-25-23(5-1)9-11-27-29-13-15-31-33-17-18-34-32-16-14-30-28-12-10-24-6-2-4-8-26(24)36(28)20-38(30)40(32)22-42(34)41(33)21-39(31)37(29)19-35(25)27/h1-18H,19-22H2. The number of benzene rings is 7. The third kappa shape index (κ3) is 2.56. The van der Waals surface area contributed by atoms with E-state index in [-0.39, 0.29) is 0 Å². The lowest BCUT2D eigenvalue weighted by Crippen LogP contribution is -1.95. The Balaban J connectivity index is 1.02. The molecule has 4 aliphatic carbocycles. The van der Waals surface area contributed by atoms with E-state index in [1.54, 1.807) is 33.4 Å². The fraction of sp³-hybridized carbons (Fsp3) is 0.0952. The molecule has 194 valence electrons. The predicted octanol–water partition coefficient (Wildman–Crippen LogP) is 10.3. The van der Waals surface area contributed by atoms with Crippen LogP contribution in [0.2, 0.25) is 0 Å². The van der Waals surface area contributed by atoms with Gasteiger partial charge in [-0.2, -0.15) is 0 Å². The van der Waals surface area contributed by atoms with E-state index in [2.05, 4.69) is 109 Å². The van der Waals surface area contributed by atoms with E-state index in [0.717, 1.165) is 25.7 Å². The number of rotatable bonds is 0. The topological polar surface area (TPSA) is 0 Å². The summed E-state index contributed by atoms with van der Waals surface area (Å²) < 4.78 is 0. The Kier molecular flexibility index (Phi) is 3.87. The Morgan fingerprint density at radius 3 is 0.857 bits per heavy atom. The lowest BCUT2D eigenvalue weighted by atomic mass is 9.95. The van der Waals surface area contributed by atoms with Gasteiger partial charge in [-0.05, 0) is 136 Å². The van der Waals surface area contributed by atoms with Crippen LogP contribution in [0, 0.1) is 0 Å². The fourth-order valence-corrected chi connectivity index (χ4v) is 9.07. The molecule has 7 aromatic rings. The molecular formula is C42H26. The molecule has 0 saturated heterocycles. The lowest BCUT2D eigenvalue weighted by molar-refractivity contribution is 1.11. The van der Waals surface area contributed by atoms with E-state index in [1.807, 2.05) is 0 Å². The second-order valence-corrected chi connectivity index (χ2v) is 12.7. The molecule has 42 heavy (non-hydrogen) atoms. The van der Waals surface area contributed by atoms with Crippen LogP contribution in [0.4, 0.5) is 0 Å². The van der Waals surface area contributed by atoms with Crippen LogP contribution in [0.25, 0.3) is 66.1 Å². The summed E-state index contributed by atoms with van der Waals surface area (Å²) in [6.45, 7) is 0. The average Bonchev–Trinajstić information content (AvgIpc) is 3.80. The van der Waals surface area contributed by atoms with Crippen LogP contribution in [0.15, 0.2) is 109 Å². The first kappa shape index (κ1) is 21.8. The maximum atomic E-state index is 2.43. The minimum Gasteiger partial charge on any atom is -0.0616 e. The molecule has 0 nitrogen and oxygen atoms in total. The van der Waals surface area contributed by atoms with Crippen molar-refractivity contribution in [1.82, 2.24) is 0 Å². The van der Waals surface area contributed by atoms with E-state index in [9.17, 15) is 0 Å². The van der Waals surface area contributed by atoms with E-state index < -0.39 is 0 Å². The Labute approximate surface area is 244 Å². The molecule has 11 rings (SSSR count). The highest BCUT2D eigenvalue weighted by Gasteiger charge is 2.34. The highest BCUT2D eigenvalue weighted by molar-refractivity contribution is 5.99. The summed E-state index contributed by atoms with van der Waals surface area (Å²) in [5.74, 6) is 0. The Hall–Kier alpha value is -4.94. The van der Waals surface area contributed by atoms with Crippen molar-refractivity contribution in [3.8, 4) is 44.5 Å². The maximum absolute atomic E-state index is 2.43. The molecule has 0 heteroatoms. The van der Waals surface area contributed by atoms with E-state index in [1.165, 1.54) is 77.2 Å². The van der Waals surface area contributed by atoms with Gasteiger partial charge < -0.3 is 0 Å². The van der Waals surface area contributed by atoms with E-state index >= 15 is 0 Å². The van der Waals surface area contributed by atoms with Crippen molar-refractivity contribution in [2.45, 2.75) is 25.7 Å². The quantitative estimate of drug-likeness (QED) is 0.183. The molecule has 0 radical (unpaired) electrons. The average molecular weight is 531 g/mol. The molecule has 4 aliphatic rings. The number of hydrogen-bond acceptors (Lipinski definition) is 0. The van der Waals surface area contributed by atoms with E-state index in [4.69, 9.17) is 0 Å². The van der Waals surface area contributed by atoms with Crippen molar-refractivity contribution in [2.24, 2.45) is 0 Å². The molecule has 0 spiro atoms. The first-order valence-electron chi connectivity index (χ1n) is 15.3. The van der Waals surface area contributed by atoms with E-state index in [0.29, 0.717) is 0 Å². The monoisotopic (exact) mass is 530 g/mol. The van der Waals surface area contributed by atoms with Gasteiger partial charge in [-0.15, -0.1) is 0 Å². The molecule has 0 unspecified atom stereocenters.